The van der Waals surface area contributed by atoms with Crippen LogP contribution in [0.3, 0.4) is 0 Å². The molecule has 0 saturated heterocycles. The van der Waals surface area contributed by atoms with Crippen LogP contribution < -0.4 is 5.32 Å². The molecule has 1 aromatic rings. The number of nitrogens with one attached hydrogen (secondary N) is 1. The fourth-order valence-corrected chi connectivity index (χ4v) is 1.72. The average molecular weight is 264 g/mol. The maximum Gasteiger partial charge on any atom is 0.401 e. The molecule has 0 radical (unpaired) electrons. The molecule has 0 aromatic heterocycles. The topological polar surface area (TPSA) is 15.3 Å². The zero-order chi connectivity index (χ0) is 13.8. The average Bonchev–Trinajstić information content (AvgIpc) is 2.20. The summed E-state index contributed by atoms with van der Waals surface area (Å²) in [6.07, 6.45) is -4.27. The summed E-state index contributed by atoms with van der Waals surface area (Å²) in [6, 6.07) is 4.47. The van der Waals surface area contributed by atoms with Crippen LogP contribution in [0.1, 0.15) is 11.1 Å². The quantitative estimate of drug-likeness (QED) is 0.822. The van der Waals surface area contributed by atoms with Crippen molar-refractivity contribution < 1.29 is 17.6 Å². The SMILES string of the molecule is CNCc1ccc(F)c(CN(C)CC(F)(F)F)c1. The van der Waals surface area contributed by atoms with Gasteiger partial charge in [0.25, 0.3) is 0 Å². The van der Waals surface area contributed by atoms with Gasteiger partial charge in [0.05, 0.1) is 6.54 Å². The third kappa shape index (κ3) is 5.01. The van der Waals surface area contributed by atoms with E-state index in [0.29, 0.717) is 6.54 Å². The van der Waals surface area contributed by atoms with E-state index in [9.17, 15) is 17.6 Å². The molecule has 1 N–H and O–H groups in total. The van der Waals surface area contributed by atoms with E-state index in [1.165, 1.54) is 13.1 Å². The lowest BCUT2D eigenvalue weighted by Gasteiger charge is -2.19. The molecule has 0 fully saturated rings. The molecule has 0 spiro atoms. The summed E-state index contributed by atoms with van der Waals surface area (Å²) in [7, 11) is 3.07. The van der Waals surface area contributed by atoms with Crippen LogP contribution in [0.4, 0.5) is 17.6 Å². The Morgan fingerprint density at radius 1 is 1.28 bits per heavy atom. The fourth-order valence-electron chi connectivity index (χ4n) is 1.72. The molecule has 0 aliphatic carbocycles. The monoisotopic (exact) mass is 264 g/mol. The minimum absolute atomic E-state index is 0.0666. The van der Waals surface area contributed by atoms with E-state index >= 15 is 0 Å². The lowest BCUT2D eigenvalue weighted by atomic mass is 10.1. The van der Waals surface area contributed by atoms with Crippen LogP contribution in [0.5, 0.6) is 0 Å². The van der Waals surface area contributed by atoms with Gasteiger partial charge in [-0.1, -0.05) is 12.1 Å². The second-order valence-electron chi connectivity index (χ2n) is 4.24. The van der Waals surface area contributed by atoms with Crippen molar-refractivity contribution >= 4 is 0 Å². The van der Waals surface area contributed by atoms with E-state index < -0.39 is 18.5 Å². The molecule has 0 amide bonds. The Labute approximate surface area is 104 Å². The van der Waals surface area contributed by atoms with Gasteiger partial charge in [0.15, 0.2) is 0 Å². The molecule has 0 bridgehead atoms. The number of hydrogen-bond acceptors (Lipinski definition) is 2. The molecule has 102 valence electrons. The standard InChI is InChI=1S/C12H16F4N2/c1-17-6-9-3-4-11(13)10(5-9)7-18(2)8-12(14,15)16/h3-5,17H,6-8H2,1-2H3. The van der Waals surface area contributed by atoms with E-state index in [4.69, 9.17) is 0 Å². The summed E-state index contributed by atoms with van der Waals surface area (Å²) in [4.78, 5) is 1.04. The van der Waals surface area contributed by atoms with Gasteiger partial charge in [0, 0.05) is 18.7 Å². The Kier molecular flexibility index (Phi) is 5.10. The van der Waals surface area contributed by atoms with Gasteiger partial charge in [-0.25, -0.2) is 4.39 Å². The van der Waals surface area contributed by atoms with Crippen molar-refractivity contribution in [1.82, 2.24) is 10.2 Å². The first-order valence-corrected chi connectivity index (χ1v) is 5.49. The molecule has 0 unspecified atom stereocenters. The van der Waals surface area contributed by atoms with Crippen molar-refractivity contribution in [2.45, 2.75) is 19.3 Å². The molecule has 1 aromatic carbocycles. The van der Waals surface area contributed by atoms with E-state index in [1.54, 1.807) is 19.2 Å². The van der Waals surface area contributed by atoms with Crippen molar-refractivity contribution in [1.29, 1.82) is 0 Å². The van der Waals surface area contributed by atoms with Crippen LogP contribution in [-0.4, -0.2) is 31.7 Å². The maximum atomic E-state index is 13.5. The summed E-state index contributed by atoms with van der Waals surface area (Å²) >= 11 is 0. The third-order valence-electron chi connectivity index (χ3n) is 2.38. The fraction of sp³-hybridized carbons (Fsp3) is 0.500. The van der Waals surface area contributed by atoms with Crippen LogP contribution in [-0.2, 0) is 13.1 Å². The van der Waals surface area contributed by atoms with E-state index in [1.807, 2.05) is 0 Å². The second kappa shape index (κ2) is 6.15. The van der Waals surface area contributed by atoms with E-state index in [-0.39, 0.29) is 12.1 Å². The lowest BCUT2D eigenvalue weighted by Crippen LogP contribution is -2.30. The predicted molar refractivity (Wildman–Crippen MR) is 61.6 cm³/mol. The lowest BCUT2D eigenvalue weighted by molar-refractivity contribution is -0.144. The number of benzene rings is 1. The summed E-state index contributed by atoms with van der Waals surface area (Å²) in [5.41, 5.74) is 1.11. The minimum Gasteiger partial charge on any atom is -0.316 e. The van der Waals surface area contributed by atoms with Gasteiger partial charge >= 0.3 is 6.18 Å². The normalized spacial score (nSPS) is 12.2. The van der Waals surface area contributed by atoms with Crippen LogP contribution in [0.25, 0.3) is 0 Å². The molecular formula is C12H16F4N2. The molecule has 0 aliphatic rings. The highest BCUT2D eigenvalue weighted by Crippen LogP contribution is 2.18. The maximum absolute atomic E-state index is 13.5. The highest BCUT2D eigenvalue weighted by molar-refractivity contribution is 5.25. The number of alkyl halides is 3. The van der Waals surface area contributed by atoms with Crippen LogP contribution in [0.2, 0.25) is 0 Å². The number of hydrogen-bond donors (Lipinski definition) is 1. The third-order valence-corrected chi connectivity index (χ3v) is 2.38. The van der Waals surface area contributed by atoms with Gasteiger partial charge in [-0.15, -0.1) is 0 Å². The molecule has 6 heteroatoms. The van der Waals surface area contributed by atoms with Crippen molar-refractivity contribution in [3.63, 3.8) is 0 Å². The van der Waals surface area contributed by atoms with Crippen LogP contribution in [0, 0.1) is 5.82 Å². The summed E-state index contributed by atoms with van der Waals surface area (Å²) in [6.45, 7) is -0.568. The molecule has 0 heterocycles. The highest BCUT2D eigenvalue weighted by atomic mass is 19.4. The van der Waals surface area contributed by atoms with Gasteiger partial charge in [-0.05, 0) is 25.7 Å². The number of halogens is 4. The first-order valence-electron chi connectivity index (χ1n) is 5.49. The molecule has 0 aliphatic heterocycles. The molecule has 1 rings (SSSR count). The summed E-state index contributed by atoms with van der Waals surface area (Å²) in [5, 5.41) is 2.91. The zero-order valence-corrected chi connectivity index (χ0v) is 10.3. The van der Waals surface area contributed by atoms with Crippen molar-refractivity contribution in [2.75, 3.05) is 20.6 Å². The summed E-state index contributed by atoms with van der Waals surface area (Å²) < 4.78 is 50.0. The van der Waals surface area contributed by atoms with Crippen molar-refractivity contribution in [3.05, 3.63) is 35.1 Å². The van der Waals surface area contributed by atoms with E-state index in [0.717, 1.165) is 10.5 Å². The van der Waals surface area contributed by atoms with Crippen molar-refractivity contribution in [2.24, 2.45) is 0 Å². The zero-order valence-electron chi connectivity index (χ0n) is 10.3. The Morgan fingerprint density at radius 2 is 1.94 bits per heavy atom. The summed E-state index contributed by atoms with van der Waals surface area (Å²) in [5.74, 6) is -0.483. The molecule has 0 atom stereocenters. The first kappa shape index (κ1) is 14.9. The van der Waals surface area contributed by atoms with Gasteiger partial charge in [-0.2, -0.15) is 13.2 Å². The molecule has 0 saturated carbocycles. The van der Waals surface area contributed by atoms with Gasteiger partial charge < -0.3 is 5.32 Å². The van der Waals surface area contributed by atoms with Crippen LogP contribution >= 0.6 is 0 Å². The first-order chi connectivity index (χ1) is 8.31. The van der Waals surface area contributed by atoms with Gasteiger partial charge in [0.2, 0.25) is 0 Å². The molecule has 18 heavy (non-hydrogen) atoms. The van der Waals surface area contributed by atoms with Gasteiger partial charge in [-0.3, -0.25) is 4.90 Å². The predicted octanol–water partition coefficient (Wildman–Crippen LogP) is 2.54. The van der Waals surface area contributed by atoms with Crippen molar-refractivity contribution in [3.8, 4) is 0 Å². The molecule has 2 nitrogen and oxygen atoms in total. The minimum atomic E-state index is -4.27. The largest absolute Gasteiger partial charge is 0.401 e. The Bertz CT molecular complexity index is 390. The number of rotatable bonds is 5. The van der Waals surface area contributed by atoms with Gasteiger partial charge in [0.1, 0.15) is 5.82 Å². The molecular weight excluding hydrogens is 248 g/mol. The Balaban J connectivity index is 2.73. The highest BCUT2D eigenvalue weighted by Gasteiger charge is 2.29. The second-order valence-corrected chi connectivity index (χ2v) is 4.24. The van der Waals surface area contributed by atoms with Crippen LogP contribution in [0.15, 0.2) is 18.2 Å². The smallest absolute Gasteiger partial charge is 0.316 e. The van der Waals surface area contributed by atoms with E-state index in [2.05, 4.69) is 5.32 Å². The Morgan fingerprint density at radius 3 is 2.50 bits per heavy atom. The number of nitrogens with zero attached hydrogens (tertiary/aromatic N) is 1. The Hall–Kier alpha value is -1.14.